The van der Waals surface area contributed by atoms with Gasteiger partial charge in [-0.25, -0.2) is 0 Å². The number of hydrogen-bond donors (Lipinski definition) is 4. The van der Waals surface area contributed by atoms with E-state index >= 15 is 0 Å². The van der Waals surface area contributed by atoms with E-state index in [1.54, 1.807) is 0 Å². The minimum Gasteiger partial charge on any atom is -0.480 e. The highest BCUT2D eigenvalue weighted by atomic mass is 16.5. The highest BCUT2D eigenvalue weighted by molar-refractivity contribution is 5.82. The van der Waals surface area contributed by atoms with E-state index in [9.17, 15) is 14.7 Å². The summed E-state index contributed by atoms with van der Waals surface area (Å²) in [6, 6.07) is 0.312. The Morgan fingerprint density at radius 3 is 2.77 bits per heavy atom. The predicted octanol–water partition coefficient (Wildman–Crippen LogP) is -0.427. The van der Waals surface area contributed by atoms with E-state index in [0.717, 1.165) is 45.1 Å². The molecule has 9 heteroatoms. The molecule has 2 saturated heterocycles. The number of ether oxygens (including phenoxy) is 2. The monoisotopic (exact) mass is 437 g/mol. The molecule has 9 atom stereocenters. The number of aliphatic carboxylic acids is 1. The van der Waals surface area contributed by atoms with Crippen LogP contribution in [0.4, 0.5) is 0 Å². The van der Waals surface area contributed by atoms with Crippen LogP contribution in [0, 0.1) is 17.3 Å². The summed E-state index contributed by atoms with van der Waals surface area (Å²) in [5, 5.41) is 25.4. The van der Waals surface area contributed by atoms with E-state index in [1.807, 2.05) is 7.11 Å². The maximum Gasteiger partial charge on any atom is 0.322 e. The number of aliphatic hydroxyl groups excluding tert-OH is 1. The van der Waals surface area contributed by atoms with Gasteiger partial charge in [0.1, 0.15) is 6.54 Å². The molecule has 0 aromatic carbocycles. The molecule has 3 saturated carbocycles. The highest BCUT2D eigenvalue weighted by Crippen LogP contribution is 2.70. The number of nitrogens with one attached hydrogen (secondary N) is 2. The molecule has 1 amide bonds. The normalized spacial score (nSPS) is 48.2. The minimum absolute atomic E-state index is 0.0283. The maximum atomic E-state index is 12.1. The summed E-state index contributed by atoms with van der Waals surface area (Å²) in [4.78, 5) is 25.3. The number of carbonyl (C=O) groups excluding carboxylic acids is 1. The number of nitrogens with zero attached hydrogens (tertiary/aromatic N) is 1. The van der Waals surface area contributed by atoms with Gasteiger partial charge in [0.2, 0.25) is 5.91 Å². The van der Waals surface area contributed by atoms with E-state index in [4.69, 9.17) is 14.6 Å². The van der Waals surface area contributed by atoms with Crippen molar-refractivity contribution in [2.45, 2.75) is 74.5 Å². The molecule has 31 heavy (non-hydrogen) atoms. The van der Waals surface area contributed by atoms with E-state index in [2.05, 4.69) is 22.6 Å². The third kappa shape index (κ3) is 2.93. The fraction of sp³-hybridized carbons (Fsp3) is 0.909. The summed E-state index contributed by atoms with van der Waals surface area (Å²) >= 11 is 0. The van der Waals surface area contributed by atoms with Gasteiger partial charge in [-0.2, -0.15) is 0 Å². The number of rotatable bonds is 6. The van der Waals surface area contributed by atoms with Crippen LogP contribution in [0.1, 0.15) is 38.5 Å². The van der Waals surface area contributed by atoms with Crippen molar-refractivity contribution in [3.63, 3.8) is 0 Å². The summed E-state index contributed by atoms with van der Waals surface area (Å²) < 4.78 is 13.2. The molecule has 0 aromatic rings. The van der Waals surface area contributed by atoms with Crippen molar-refractivity contribution >= 4 is 11.9 Å². The number of likely N-dealkylation sites (N-methyl/N-ethyl adjacent to an activating group) is 1. The van der Waals surface area contributed by atoms with E-state index in [1.165, 1.54) is 0 Å². The van der Waals surface area contributed by atoms with Crippen molar-refractivity contribution < 1.29 is 29.3 Å². The van der Waals surface area contributed by atoms with Crippen molar-refractivity contribution in [2.24, 2.45) is 17.3 Å². The summed E-state index contributed by atoms with van der Waals surface area (Å²) in [6.07, 6.45) is 4.81. The molecule has 174 valence electrons. The number of likely N-dealkylation sites (tertiary alicyclic amines) is 1. The van der Waals surface area contributed by atoms with Crippen molar-refractivity contribution in [3.05, 3.63) is 0 Å². The van der Waals surface area contributed by atoms with Gasteiger partial charge in [0.05, 0.1) is 30.5 Å². The van der Waals surface area contributed by atoms with E-state index in [-0.39, 0.29) is 54.2 Å². The van der Waals surface area contributed by atoms with E-state index in [0.29, 0.717) is 12.0 Å². The number of methoxy groups -OCH3 is 1. The molecular weight excluding hydrogens is 402 g/mol. The van der Waals surface area contributed by atoms with Gasteiger partial charge in [-0.05, 0) is 58.0 Å². The van der Waals surface area contributed by atoms with Gasteiger partial charge in [-0.1, -0.05) is 0 Å². The van der Waals surface area contributed by atoms with Crippen LogP contribution in [-0.4, -0.2) is 96.8 Å². The molecule has 2 bridgehead atoms. The summed E-state index contributed by atoms with van der Waals surface area (Å²) in [7, 11) is 4.04. The molecule has 9 nitrogen and oxygen atoms in total. The third-order valence-corrected chi connectivity index (χ3v) is 9.26. The molecule has 2 heterocycles. The molecule has 2 aliphatic heterocycles. The Bertz CT molecular complexity index is 751. The fourth-order valence-electron chi connectivity index (χ4n) is 8.23. The average Bonchev–Trinajstić information content (AvgIpc) is 3.11. The first-order valence-electron chi connectivity index (χ1n) is 11.6. The first-order chi connectivity index (χ1) is 14.8. The van der Waals surface area contributed by atoms with Crippen LogP contribution in [0.15, 0.2) is 0 Å². The zero-order valence-electron chi connectivity index (χ0n) is 18.4. The third-order valence-electron chi connectivity index (χ3n) is 9.26. The number of piperidine rings is 1. The second-order valence-corrected chi connectivity index (χ2v) is 10.3. The Morgan fingerprint density at radius 2 is 2.03 bits per heavy atom. The average molecular weight is 438 g/mol. The van der Waals surface area contributed by atoms with Gasteiger partial charge in [0, 0.05) is 30.5 Å². The molecule has 1 spiro atoms. The molecule has 5 unspecified atom stereocenters. The second kappa shape index (κ2) is 7.66. The van der Waals surface area contributed by atoms with E-state index < -0.39 is 12.1 Å². The molecule has 5 aliphatic rings. The number of carbonyl (C=O) groups is 2. The number of carboxylic acid groups (broad SMARTS) is 1. The van der Waals surface area contributed by atoms with Gasteiger partial charge in [-0.3, -0.25) is 9.59 Å². The Morgan fingerprint density at radius 1 is 1.23 bits per heavy atom. The molecular formula is C22H35N3O6. The molecule has 0 aromatic heterocycles. The number of amides is 1. The SMILES string of the molecule is CO[C@]12CC[C@@H](NCC(=O)NCC(=O)O)[C@@H]3OC4C(O)CCC5CC1N(C)CC[C@]32C54. The smallest absolute Gasteiger partial charge is 0.322 e. The maximum absolute atomic E-state index is 12.1. The zero-order chi connectivity index (χ0) is 22.0. The Balaban J connectivity index is 1.45. The van der Waals surface area contributed by atoms with Gasteiger partial charge >= 0.3 is 5.97 Å². The lowest BCUT2D eigenvalue weighted by molar-refractivity contribution is -0.269. The topological polar surface area (TPSA) is 120 Å². The Labute approximate surface area is 182 Å². The first-order valence-corrected chi connectivity index (χ1v) is 11.6. The lowest BCUT2D eigenvalue weighted by Gasteiger charge is -2.69. The lowest BCUT2D eigenvalue weighted by Crippen LogP contribution is -2.78. The standard InChI is InChI=1S/C22H35N3O6/c1-25-8-7-21-18-12-3-4-14(26)19(18)31-20(21)13(23-10-16(27)24-11-17(28)29)5-6-22(21,30-2)15(25)9-12/h12-15,18-20,23,26H,3-11H2,1-2H3,(H,24,27)(H,28,29)/t12?,13-,14?,15?,18?,19?,20+,21+,22-/m1/s1. The quantitative estimate of drug-likeness (QED) is 0.442. The first kappa shape index (κ1) is 21.6. The van der Waals surface area contributed by atoms with Crippen molar-refractivity contribution in [1.82, 2.24) is 15.5 Å². The predicted molar refractivity (Wildman–Crippen MR) is 110 cm³/mol. The zero-order valence-corrected chi connectivity index (χ0v) is 18.4. The number of hydrogen-bond acceptors (Lipinski definition) is 7. The van der Waals surface area contributed by atoms with Crippen molar-refractivity contribution in [2.75, 3.05) is 33.8 Å². The van der Waals surface area contributed by atoms with Gasteiger partial charge < -0.3 is 35.2 Å². The Hall–Kier alpha value is -1.26. The highest BCUT2D eigenvalue weighted by Gasteiger charge is 2.77. The lowest BCUT2D eigenvalue weighted by atomic mass is 9.42. The summed E-state index contributed by atoms with van der Waals surface area (Å²) in [5.41, 5.74) is -0.483. The van der Waals surface area contributed by atoms with Crippen LogP contribution >= 0.6 is 0 Å². The van der Waals surface area contributed by atoms with Gasteiger partial charge in [0.25, 0.3) is 0 Å². The molecule has 3 aliphatic carbocycles. The molecule has 4 N–H and O–H groups in total. The van der Waals surface area contributed by atoms with Crippen LogP contribution in [0.25, 0.3) is 0 Å². The molecule has 5 fully saturated rings. The number of aliphatic hydroxyl groups is 1. The fourth-order valence-corrected chi connectivity index (χ4v) is 8.23. The van der Waals surface area contributed by atoms with Crippen LogP contribution in [-0.2, 0) is 19.1 Å². The minimum atomic E-state index is -1.06. The Kier molecular flexibility index (Phi) is 5.33. The van der Waals surface area contributed by atoms with Crippen molar-refractivity contribution in [1.29, 1.82) is 0 Å². The van der Waals surface area contributed by atoms with Crippen LogP contribution in [0.3, 0.4) is 0 Å². The van der Waals surface area contributed by atoms with Crippen LogP contribution in [0.2, 0.25) is 0 Å². The summed E-state index contributed by atoms with van der Waals surface area (Å²) in [6.45, 7) is 0.653. The second-order valence-electron chi connectivity index (χ2n) is 10.3. The van der Waals surface area contributed by atoms with Gasteiger partial charge in [-0.15, -0.1) is 0 Å². The summed E-state index contributed by atoms with van der Waals surface area (Å²) in [5.74, 6) is -0.595. The largest absolute Gasteiger partial charge is 0.480 e. The van der Waals surface area contributed by atoms with Crippen molar-refractivity contribution in [3.8, 4) is 0 Å². The van der Waals surface area contributed by atoms with Crippen LogP contribution < -0.4 is 10.6 Å². The van der Waals surface area contributed by atoms with Gasteiger partial charge in [0.15, 0.2) is 0 Å². The number of carboxylic acids is 1. The molecule has 5 rings (SSSR count). The molecule has 0 radical (unpaired) electrons. The van der Waals surface area contributed by atoms with Crippen LogP contribution in [0.5, 0.6) is 0 Å².